The SMILES string of the molecule is CC[C@H](C)[C@H](NC(=O)OCc1ccccc1)C(=O)NCC(=O)N1CCCCC1. The molecule has 0 aromatic heterocycles. The van der Waals surface area contributed by atoms with E-state index < -0.39 is 12.1 Å². The number of ether oxygens (including phenoxy) is 1. The highest BCUT2D eigenvalue weighted by atomic mass is 16.5. The summed E-state index contributed by atoms with van der Waals surface area (Å²) in [5.41, 5.74) is 0.870. The van der Waals surface area contributed by atoms with Crippen molar-refractivity contribution in [2.45, 2.75) is 52.2 Å². The Kier molecular flexibility index (Phi) is 8.78. The number of nitrogens with one attached hydrogen (secondary N) is 2. The summed E-state index contributed by atoms with van der Waals surface area (Å²) in [7, 11) is 0. The molecular weight excluding hydrogens is 358 g/mol. The molecule has 0 bridgehead atoms. The van der Waals surface area contributed by atoms with Crippen LogP contribution in [0.4, 0.5) is 4.79 Å². The normalized spacial score (nSPS) is 16.0. The zero-order valence-corrected chi connectivity index (χ0v) is 16.8. The molecule has 0 unspecified atom stereocenters. The average molecular weight is 389 g/mol. The Morgan fingerprint density at radius 1 is 1.11 bits per heavy atom. The molecule has 1 heterocycles. The maximum atomic E-state index is 12.6. The Hall–Kier alpha value is -2.57. The Morgan fingerprint density at radius 3 is 2.43 bits per heavy atom. The van der Waals surface area contributed by atoms with E-state index in [1.54, 1.807) is 4.90 Å². The number of benzene rings is 1. The number of rotatable bonds is 8. The molecule has 7 heteroatoms. The maximum absolute atomic E-state index is 12.6. The quantitative estimate of drug-likeness (QED) is 0.715. The van der Waals surface area contributed by atoms with Crippen LogP contribution in [-0.4, -0.2) is 48.5 Å². The summed E-state index contributed by atoms with van der Waals surface area (Å²) in [4.78, 5) is 38.8. The third kappa shape index (κ3) is 6.87. The fraction of sp³-hybridized carbons (Fsp3) is 0.571. The fourth-order valence-corrected chi connectivity index (χ4v) is 3.12. The van der Waals surface area contributed by atoms with Crippen molar-refractivity contribution in [1.82, 2.24) is 15.5 Å². The zero-order valence-electron chi connectivity index (χ0n) is 16.8. The Morgan fingerprint density at radius 2 is 1.79 bits per heavy atom. The van der Waals surface area contributed by atoms with Gasteiger partial charge >= 0.3 is 6.09 Å². The van der Waals surface area contributed by atoms with E-state index in [1.165, 1.54) is 0 Å². The second kappa shape index (κ2) is 11.3. The Balaban J connectivity index is 1.84. The zero-order chi connectivity index (χ0) is 20.4. The van der Waals surface area contributed by atoms with Gasteiger partial charge in [-0.2, -0.15) is 0 Å². The van der Waals surface area contributed by atoms with Gasteiger partial charge in [-0.25, -0.2) is 4.79 Å². The van der Waals surface area contributed by atoms with Gasteiger partial charge in [-0.3, -0.25) is 9.59 Å². The van der Waals surface area contributed by atoms with Crippen molar-refractivity contribution in [3.05, 3.63) is 35.9 Å². The maximum Gasteiger partial charge on any atom is 0.408 e. The van der Waals surface area contributed by atoms with Crippen molar-refractivity contribution in [3.63, 3.8) is 0 Å². The van der Waals surface area contributed by atoms with E-state index in [4.69, 9.17) is 4.74 Å². The Labute approximate surface area is 166 Å². The lowest BCUT2D eigenvalue weighted by Crippen LogP contribution is -2.52. The number of piperidine rings is 1. The largest absolute Gasteiger partial charge is 0.445 e. The average Bonchev–Trinajstić information content (AvgIpc) is 2.74. The minimum atomic E-state index is -0.748. The van der Waals surface area contributed by atoms with Gasteiger partial charge in [0.15, 0.2) is 0 Å². The molecule has 3 amide bonds. The molecule has 28 heavy (non-hydrogen) atoms. The molecule has 1 aliphatic heterocycles. The first-order valence-corrected chi connectivity index (χ1v) is 10.0. The molecular formula is C21H31N3O4. The van der Waals surface area contributed by atoms with Gasteiger partial charge in [-0.1, -0.05) is 50.6 Å². The van der Waals surface area contributed by atoms with Crippen LogP contribution in [0.2, 0.25) is 0 Å². The van der Waals surface area contributed by atoms with Gasteiger partial charge < -0.3 is 20.3 Å². The number of hydrogen-bond acceptors (Lipinski definition) is 4. The molecule has 1 fully saturated rings. The van der Waals surface area contributed by atoms with Crippen LogP contribution in [-0.2, 0) is 20.9 Å². The molecule has 7 nitrogen and oxygen atoms in total. The molecule has 154 valence electrons. The molecule has 0 spiro atoms. The van der Waals surface area contributed by atoms with E-state index in [0.717, 1.165) is 37.9 Å². The van der Waals surface area contributed by atoms with Crippen molar-refractivity contribution in [1.29, 1.82) is 0 Å². The van der Waals surface area contributed by atoms with Gasteiger partial charge in [-0.15, -0.1) is 0 Å². The molecule has 0 aliphatic carbocycles. The van der Waals surface area contributed by atoms with Crippen LogP contribution >= 0.6 is 0 Å². The summed E-state index contributed by atoms with van der Waals surface area (Å²) in [5.74, 6) is -0.534. The van der Waals surface area contributed by atoms with Crippen LogP contribution in [0, 0.1) is 5.92 Å². The van der Waals surface area contributed by atoms with Crippen LogP contribution in [0.1, 0.15) is 45.1 Å². The second-order valence-corrected chi connectivity index (χ2v) is 7.23. The van der Waals surface area contributed by atoms with Gasteiger partial charge in [0.05, 0.1) is 6.54 Å². The van der Waals surface area contributed by atoms with Gasteiger partial charge in [-0.05, 0) is 30.7 Å². The summed E-state index contributed by atoms with van der Waals surface area (Å²) in [6.07, 6.45) is 3.21. The van der Waals surface area contributed by atoms with Crippen LogP contribution in [0.15, 0.2) is 30.3 Å². The third-order valence-electron chi connectivity index (χ3n) is 5.10. The topological polar surface area (TPSA) is 87.7 Å². The number of likely N-dealkylation sites (tertiary alicyclic amines) is 1. The molecule has 1 aromatic rings. The summed E-state index contributed by atoms with van der Waals surface area (Å²) in [5, 5.41) is 5.32. The molecule has 1 aromatic carbocycles. The van der Waals surface area contributed by atoms with Crippen LogP contribution in [0.25, 0.3) is 0 Å². The third-order valence-corrected chi connectivity index (χ3v) is 5.10. The predicted molar refractivity (Wildman–Crippen MR) is 106 cm³/mol. The fourth-order valence-electron chi connectivity index (χ4n) is 3.12. The van der Waals surface area contributed by atoms with Crippen LogP contribution in [0.5, 0.6) is 0 Å². The number of amides is 3. The van der Waals surface area contributed by atoms with Gasteiger partial charge in [0.2, 0.25) is 11.8 Å². The molecule has 0 saturated carbocycles. The van der Waals surface area contributed by atoms with E-state index in [9.17, 15) is 14.4 Å². The molecule has 0 radical (unpaired) electrons. The lowest BCUT2D eigenvalue weighted by Gasteiger charge is -2.27. The second-order valence-electron chi connectivity index (χ2n) is 7.23. The molecule has 1 aliphatic rings. The predicted octanol–water partition coefficient (Wildman–Crippen LogP) is 2.46. The summed E-state index contributed by atoms with van der Waals surface area (Å²) >= 11 is 0. The highest BCUT2D eigenvalue weighted by molar-refractivity contribution is 5.89. The number of carbonyl (C=O) groups is 3. The standard InChI is InChI=1S/C21H31N3O4/c1-3-16(2)19(23-21(27)28-15-17-10-6-4-7-11-17)20(26)22-14-18(25)24-12-8-5-9-13-24/h4,6-7,10-11,16,19H,3,5,8-9,12-15H2,1-2H3,(H,22,26)(H,23,27)/t16-,19-/m0/s1. The lowest BCUT2D eigenvalue weighted by atomic mass is 9.98. The van der Waals surface area contributed by atoms with E-state index in [1.807, 2.05) is 44.2 Å². The van der Waals surface area contributed by atoms with E-state index in [0.29, 0.717) is 6.42 Å². The van der Waals surface area contributed by atoms with E-state index in [-0.39, 0.29) is 30.9 Å². The first-order valence-electron chi connectivity index (χ1n) is 10.0. The van der Waals surface area contributed by atoms with E-state index in [2.05, 4.69) is 10.6 Å². The van der Waals surface area contributed by atoms with Crippen molar-refractivity contribution >= 4 is 17.9 Å². The van der Waals surface area contributed by atoms with Gasteiger partial charge in [0, 0.05) is 13.1 Å². The Bertz CT molecular complexity index is 644. The molecule has 2 rings (SSSR count). The van der Waals surface area contributed by atoms with E-state index >= 15 is 0 Å². The monoisotopic (exact) mass is 389 g/mol. The molecule has 1 saturated heterocycles. The number of hydrogen-bond donors (Lipinski definition) is 2. The number of alkyl carbamates (subject to hydrolysis) is 1. The minimum Gasteiger partial charge on any atom is -0.445 e. The minimum absolute atomic E-state index is 0.0491. The van der Waals surface area contributed by atoms with Crippen molar-refractivity contribution in [3.8, 4) is 0 Å². The van der Waals surface area contributed by atoms with Crippen LogP contribution < -0.4 is 10.6 Å². The van der Waals surface area contributed by atoms with Gasteiger partial charge in [0.25, 0.3) is 0 Å². The molecule has 2 N–H and O–H groups in total. The highest BCUT2D eigenvalue weighted by Gasteiger charge is 2.27. The first kappa shape index (κ1) is 21.7. The highest BCUT2D eigenvalue weighted by Crippen LogP contribution is 2.10. The van der Waals surface area contributed by atoms with Crippen LogP contribution in [0.3, 0.4) is 0 Å². The van der Waals surface area contributed by atoms with Gasteiger partial charge in [0.1, 0.15) is 12.6 Å². The number of nitrogens with zero attached hydrogens (tertiary/aromatic N) is 1. The smallest absolute Gasteiger partial charge is 0.408 e. The number of carbonyl (C=O) groups excluding carboxylic acids is 3. The summed E-state index contributed by atoms with van der Waals surface area (Å²) < 4.78 is 5.22. The first-order chi connectivity index (χ1) is 13.5. The lowest BCUT2D eigenvalue weighted by molar-refractivity contribution is -0.134. The summed E-state index contributed by atoms with van der Waals surface area (Å²) in [6, 6.07) is 8.59. The molecule has 2 atom stereocenters. The summed E-state index contributed by atoms with van der Waals surface area (Å²) in [6.45, 7) is 5.40. The van der Waals surface area contributed by atoms with Crippen molar-refractivity contribution in [2.75, 3.05) is 19.6 Å². The van der Waals surface area contributed by atoms with Crippen molar-refractivity contribution < 1.29 is 19.1 Å². The van der Waals surface area contributed by atoms with Crippen molar-refractivity contribution in [2.24, 2.45) is 5.92 Å².